The van der Waals surface area contributed by atoms with Gasteiger partial charge in [-0.2, -0.15) is 0 Å². The van der Waals surface area contributed by atoms with Crippen LogP contribution in [0, 0.1) is 0 Å². The predicted molar refractivity (Wildman–Crippen MR) is 191 cm³/mol. The fourth-order valence-electron chi connectivity index (χ4n) is 6.04. The molecule has 18 heteroatoms. The lowest BCUT2D eigenvalue weighted by molar-refractivity contribution is -0.296. The van der Waals surface area contributed by atoms with Crippen molar-refractivity contribution in [2.75, 3.05) is 56.7 Å². The molecule has 0 radical (unpaired) electrons. The Hall–Kier alpha value is -4.66. The molecule has 0 bridgehead atoms. The standard InChI is InChI=1S/C35H40N6O11S/c1-35(2,18-50-32-29(44)27(42)28(43)30(51-32)31(45)46)25-16-26(39-52-25)38-33(47)36-20-5-3-19(4-6-20)22-17-41-23-8-7-21(15-24(23)53-34(41)37-22)49-14-11-40-9-12-48-13-10-40/h3-8,15-17,27-30,32,42-44H,9-14,18H2,1-2H3,(H,45,46)(H2,36,38,39,47)/t27-,28-,29?,30?,32+/m0/s1. The molecule has 17 nitrogen and oxygen atoms in total. The van der Waals surface area contributed by atoms with Crippen LogP contribution in [0.25, 0.3) is 26.4 Å². The number of amides is 2. The number of urea groups is 1. The fourth-order valence-corrected chi connectivity index (χ4v) is 7.07. The van der Waals surface area contributed by atoms with Crippen LogP contribution in [-0.2, 0) is 24.4 Å². The number of thiazole rings is 1. The number of carboxylic acids is 1. The van der Waals surface area contributed by atoms with Gasteiger partial charge in [-0.05, 0) is 30.3 Å². The van der Waals surface area contributed by atoms with Gasteiger partial charge in [0.1, 0.15) is 36.4 Å². The van der Waals surface area contributed by atoms with Crippen LogP contribution in [0.3, 0.4) is 0 Å². The molecule has 0 aliphatic carbocycles. The number of ether oxygens (including phenoxy) is 4. The van der Waals surface area contributed by atoms with Crippen LogP contribution in [-0.4, -0.2) is 129 Å². The number of fused-ring (bicyclic) bond motifs is 3. The molecule has 2 aliphatic heterocycles. The van der Waals surface area contributed by atoms with Gasteiger partial charge in [0.2, 0.25) is 0 Å². The van der Waals surface area contributed by atoms with Gasteiger partial charge in [0.05, 0.1) is 35.7 Å². The minimum absolute atomic E-state index is 0.123. The molecular formula is C35H40N6O11S. The Morgan fingerprint density at radius 2 is 1.79 bits per heavy atom. The van der Waals surface area contributed by atoms with Crippen molar-refractivity contribution in [3.05, 3.63) is 60.5 Å². The summed E-state index contributed by atoms with van der Waals surface area (Å²) in [6, 6.07) is 14.3. The van der Waals surface area contributed by atoms with Crippen molar-refractivity contribution in [3.63, 3.8) is 0 Å². The van der Waals surface area contributed by atoms with E-state index in [1.165, 1.54) is 6.07 Å². The lowest BCUT2D eigenvalue weighted by atomic mass is 9.91. The normalized spacial score (nSPS) is 22.6. The molecule has 3 aromatic heterocycles. The smallest absolute Gasteiger partial charge is 0.335 e. The molecule has 2 amide bonds. The number of aliphatic hydroxyl groups is 3. The number of morpholine rings is 1. The summed E-state index contributed by atoms with van der Waals surface area (Å²) in [5, 5.41) is 48.7. The van der Waals surface area contributed by atoms with Crippen LogP contribution < -0.4 is 15.4 Å². The van der Waals surface area contributed by atoms with Gasteiger partial charge in [-0.25, -0.2) is 14.6 Å². The van der Waals surface area contributed by atoms with E-state index in [1.807, 2.05) is 36.5 Å². The van der Waals surface area contributed by atoms with Gasteiger partial charge < -0.3 is 49.2 Å². The number of aliphatic carboxylic acids is 1. The van der Waals surface area contributed by atoms with E-state index in [2.05, 4.69) is 25.1 Å². The Morgan fingerprint density at radius 3 is 2.55 bits per heavy atom. The van der Waals surface area contributed by atoms with Gasteiger partial charge in [-0.1, -0.05) is 42.5 Å². The van der Waals surface area contributed by atoms with Crippen molar-refractivity contribution in [1.82, 2.24) is 19.4 Å². The monoisotopic (exact) mass is 752 g/mol. The first-order valence-corrected chi connectivity index (χ1v) is 17.8. The van der Waals surface area contributed by atoms with Gasteiger partial charge in [0.25, 0.3) is 0 Å². The summed E-state index contributed by atoms with van der Waals surface area (Å²) in [7, 11) is 0. The number of aromatic nitrogens is 3. The minimum Gasteiger partial charge on any atom is -0.492 e. The number of aliphatic hydroxyl groups excluding tert-OH is 3. The molecule has 7 rings (SSSR count). The molecule has 0 saturated carbocycles. The molecule has 0 spiro atoms. The van der Waals surface area contributed by atoms with Crippen LogP contribution in [0.1, 0.15) is 19.6 Å². The van der Waals surface area contributed by atoms with Gasteiger partial charge in [0, 0.05) is 48.6 Å². The van der Waals surface area contributed by atoms with E-state index in [-0.39, 0.29) is 12.4 Å². The maximum absolute atomic E-state index is 12.8. The first kappa shape index (κ1) is 36.7. The number of rotatable bonds is 12. The molecule has 5 atom stereocenters. The Bertz CT molecular complexity index is 2060. The second kappa shape index (κ2) is 15.4. The lowest BCUT2D eigenvalue weighted by Crippen LogP contribution is -2.60. The van der Waals surface area contributed by atoms with Crippen molar-refractivity contribution in [3.8, 4) is 17.0 Å². The first-order valence-electron chi connectivity index (χ1n) is 17.0. The highest BCUT2D eigenvalue weighted by Crippen LogP contribution is 2.33. The zero-order valence-electron chi connectivity index (χ0n) is 28.9. The predicted octanol–water partition coefficient (Wildman–Crippen LogP) is 2.75. The van der Waals surface area contributed by atoms with Crippen LogP contribution in [0.4, 0.5) is 16.3 Å². The van der Waals surface area contributed by atoms with E-state index in [9.17, 15) is 30.0 Å². The van der Waals surface area contributed by atoms with Crippen LogP contribution in [0.5, 0.6) is 5.75 Å². The molecule has 5 heterocycles. The number of hydrogen-bond donors (Lipinski definition) is 6. The summed E-state index contributed by atoms with van der Waals surface area (Å²) in [6.45, 7) is 8.16. The summed E-state index contributed by atoms with van der Waals surface area (Å²) in [4.78, 5) is 32.2. The number of imidazole rings is 1. The zero-order valence-corrected chi connectivity index (χ0v) is 29.7. The van der Waals surface area contributed by atoms with Crippen molar-refractivity contribution < 1.29 is 53.5 Å². The number of nitrogens with one attached hydrogen (secondary N) is 2. The minimum atomic E-state index is -1.83. The highest BCUT2D eigenvalue weighted by atomic mass is 32.1. The topological polar surface area (TPSA) is 223 Å². The molecule has 6 N–H and O–H groups in total. The third kappa shape index (κ3) is 8.14. The molecule has 282 valence electrons. The third-order valence-electron chi connectivity index (χ3n) is 9.12. The molecule has 2 fully saturated rings. The Labute approximate surface area is 306 Å². The molecule has 2 aromatic carbocycles. The van der Waals surface area contributed by atoms with Crippen LogP contribution >= 0.6 is 11.3 Å². The van der Waals surface area contributed by atoms with Crippen molar-refractivity contribution in [1.29, 1.82) is 0 Å². The molecule has 5 aromatic rings. The fraction of sp³-hybridized carbons (Fsp3) is 0.429. The summed E-state index contributed by atoms with van der Waals surface area (Å²) in [5.41, 5.74) is 2.36. The van der Waals surface area contributed by atoms with Crippen molar-refractivity contribution >= 4 is 50.0 Å². The van der Waals surface area contributed by atoms with E-state index in [0.717, 1.165) is 65.0 Å². The summed E-state index contributed by atoms with van der Waals surface area (Å²) in [5.74, 6) is -0.258. The van der Waals surface area contributed by atoms with Gasteiger partial charge in [-0.3, -0.25) is 14.6 Å². The highest BCUT2D eigenvalue weighted by molar-refractivity contribution is 7.23. The van der Waals surface area contributed by atoms with Crippen molar-refractivity contribution in [2.24, 2.45) is 0 Å². The average molecular weight is 753 g/mol. The van der Waals surface area contributed by atoms with Crippen LogP contribution in [0.15, 0.2) is 59.3 Å². The van der Waals surface area contributed by atoms with E-state index in [4.69, 9.17) is 28.5 Å². The number of hydrogen-bond acceptors (Lipinski definition) is 14. The van der Waals surface area contributed by atoms with Gasteiger partial charge in [-0.15, -0.1) is 0 Å². The van der Waals surface area contributed by atoms with E-state index >= 15 is 0 Å². The third-order valence-corrected chi connectivity index (χ3v) is 10.1. The second-order valence-electron chi connectivity index (χ2n) is 13.5. The van der Waals surface area contributed by atoms with Gasteiger partial charge >= 0.3 is 12.0 Å². The molecule has 53 heavy (non-hydrogen) atoms. The van der Waals surface area contributed by atoms with E-state index < -0.39 is 48.1 Å². The maximum Gasteiger partial charge on any atom is 0.335 e. The quantitative estimate of drug-likeness (QED) is 0.108. The number of carbonyl (C=O) groups is 2. The van der Waals surface area contributed by atoms with Crippen LogP contribution in [0.2, 0.25) is 0 Å². The Morgan fingerprint density at radius 1 is 1.02 bits per heavy atom. The Balaban J connectivity index is 0.914. The largest absolute Gasteiger partial charge is 0.492 e. The second-order valence-corrected chi connectivity index (χ2v) is 14.5. The Kier molecular flexibility index (Phi) is 10.6. The maximum atomic E-state index is 12.8. The number of benzene rings is 2. The number of anilines is 2. The first-order chi connectivity index (χ1) is 25.4. The zero-order chi connectivity index (χ0) is 37.3. The molecule has 2 unspecified atom stereocenters. The van der Waals surface area contributed by atoms with Crippen molar-refractivity contribution in [2.45, 2.75) is 50.0 Å². The SMILES string of the molecule is CC(C)(CO[C@@H]1OC(C(=O)O)[C@@H](O)[C@H](O)C1O)c1cc(NC(=O)Nc2ccc(-c3cn4c(n3)sc3cc(OCCN5CCOCC5)ccc34)cc2)no1. The average Bonchev–Trinajstić information content (AvgIpc) is 3.87. The van der Waals surface area contributed by atoms with E-state index in [0.29, 0.717) is 18.1 Å². The summed E-state index contributed by atoms with van der Waals surface area (Å²) >= 11 is 1.59. The van der Waals surface area contributed by atoms with Gasteiger partial charge in [0.15, 0.2) is 23.2 Å². The summed E-state index contributed by atoms with van der Waals surface area (Å²) < 4.78 is 30.7. The van der Waals surface area contributed by atoms with E-state index in [1.54, 1.807) is 37.3 Å². The number of carbonyl (C=O) groups excluding carboxylic acids is 1. The lowest BCUT2D eigenvalue weighted by Gasteiger charge is -2.39. The number of nitrogens with zero attached hydrogens (tertiary/aromatic N) is 4. The number of carboxylic acid groups (broad SMARTS) is 1. The molecular weight excluding hydrogens is 712 g/mol. The summed E-state index contributed by atoms with van der Waals surface area (Å²) in [6.07, 6.45) is -6.63. The highest BCUT2D eigenvalue weighted by Gasteiger charge is 2.48. The molecule has 2 aliphatic rings. The molecule has 2 saturated heterocycles.